The van der Waals surface area contributed by atoms with E-state index in [9.17, 15) is 13.5 Å². The molecule has 0 spiro atoms. The van der Waals surface area contributed by atoms with Crippen molar-refractivity contribution in [1.82, 2.24) is 9.29 Å². The molecule has 3 atom stereocenters. The average Bonchev–Trinajstić information content (AvgIpc) is 2.95. The molecule has 1 N–H and O–H groups in total. The highest BCUT2D eigenvalue weighted by molar-refractivity contribution is 9.10. The number of halogens is 2. The van der Waals surface area contributed by atoms with Crippen LogP contribution in [0.4, 0.5) is 0 Å². The van der Waals surface area contributed by atoms with E-state index in [2.05, 4.69) is 20.9 Å². The van der Waals surface area contributed by atoms with E-state index in [-0.39, 0.29) is 21.9 Å². The highest BCUT2D eigenvalue weighted by atomic mass is 79.9. The van der Waals surface area contributed by atoms with Crippen LogP contribution in [0.3, 0.4) is 0 Å². The molecular formula is C12H14BrClN2O3S. The molecule has 2 aliphatic rings. The molecule has 3 unspecified atom stereocenters. The second-order valence-electron chi connectivity index (χ2n) is 5.33. The summed E-state index contributed by atoms with van der Waals surface area (Å²) in [4.78, 5) is 3.88. The predicted octanol–water partition coefficient (Wildman–Crippen LogP) is 1.89. The van der Waals surface area contributed by atoms with E-state index in [1.54, 1.807) is 0 Å². The van der Waals surface area contributed by atoms with Crippen LogP contribution in [0.1, 0.15) is 12.8 Å². The summed E-state index contributed by atoms with van der Waals surface area (Å²) in [6.45, 7) is 0.809. The molecule has 0 radical (unpaired) electrons. The Hall–Kier alpha value is -0.210. The topological polar surface area (TPSA) is 70.5 Å². The van der Waals surface area contributed by atoms with Crippen molar-refractivity contribution < 1.29 is 13.5 Å². The maximum atomic E-state index is 12.6. The number of fused-ring (bicyclic) bond motifs is 1. The van der Waals surface area contributed by atoms with Gasteiger partial charge in [0.05, 0.1) is 6.10 Å². The number of aliphatic hydroxyl groups excluding tert-OH is 1. The Morgan fingerprint density at radius 3 is 2.85 bits per heavy atom. The average molecular weight is 382 g/mol. The third-order valence-corrected chi connectivity index (χ3v) is 6.87. The third-order valence-electron chi connectivity index (χ3n) is 4.18. The van der Waals surface area contributed by atoms with Crippen LogP contribution in [0.2, 0.25) is 5.15 Å². The highest BCUT2D eigenvalue weighted by Crippen LogP contribution is 2.40. The Morgan fingerprint density at radius 2 is 2.15 bits per heavy atom. The van der Waals surface area contributed by atoms with Crippen molar-refractivity contribution in [3.8, 4) is 0 Å². The Bertz CT molecular complexity index is 640. The Morgan fingerprint density at radius 1 is 1.40 bits per heavy atom. The van der Waals surface area contributed by atoms with Gasteiger partial charge in [-0.3, -0.25) is 0 Å². The molecule has 1 aliphatic carbocycles. The first-order valence-corrected chi connectivity index (χ1v) is 9.00. The lowest BCUT2D eigenvalue weighted by atomic mass is 10.00. The van der Waals surface area contributed by atoms with E-state index >= 15 is 0 Å². The molecule has 5 nitrogen and oxygen atoms in total. The first kappa shape index (κ1) is 14.7. The Labute approximate surface area is 131 Å². The molecule has 3 rings (SSSR count). The summed E-state index contributed by atoms with van der Waals surface area (Å²) < 4.78 is 27.3. The minimum atomic E-state index is -3.66. The molecule has 0 amide bonds. The van der Waals surface area contributed by atoms with Crippen molar-refractivity contribution >= 4 is 37.6 Å². The lowest BCUT2D eigenvalue weighted by Crippen LogP contribution is -2.31. The summed E-state index contributed by atoms with van der Waals surface area (Å²) in [7, 11) is -3.66. The molecular weight excluding hydrogens is 368 g/mol. The van der Waals surface area contributed by atoms with E-state index in [0.29, 0.717) is 17.6 Å². The van der Waals surface area contributed by atoms with Crippen LogP contribution < -0.4 is 0 Å². The van der Waals surface area contributed by atoms with Crippen LogP contribution in [-0.4, -0.2) is 42.0 Å². The molecule has 1 aromatic heterocycles. The molecule has 8 heteroatoms. The van der Waals surface area contributed by atoms with Gasteiger partial charge in [-0.05, 0) is 40.8 Å². The van der Waals surface area contributed by atoms with Gasteiger partial charge in [0.2, 0.25) is 10.0 Å². The number of rotatable bonds is 2. The van der Waals surface area contributed by atoms with E-state index in [1.165, 1.54) is 16.6 Å². The summed E-state index contributed by atoms with van der Waals surface area (Å²) in [6.07, 6.45) is 2.71. The fourth-order valence-corrected chi connectivity index (χ4v) is 5.57. The van der Waals surface area contributed by atoms with Gasteiger partial charge in [-0.2, -0.15) is 4.31 Å². The molecule has 2 heterocycles. The van der Waals surface area contributed by atoms with Crippen molar-refractivity contribution in [3.05, 3.63) is 21.9 Å². The molecule has 0 bridgehead atoms. The van der Waals surface area contributed by atoms with Gasteiger partial charge in [0.25, 0.3) is 0 Å². The van der Waals surface area contributed by atoms with Gasteiger partial charge in [-0.15, -0.1) is 0 Å². The second-order valence-corrected chi connectivity index (χ2v) is 8.51. The highest BCUT2D eigenvalue weighted by Gasteiger charge is 2.46. The summed E-state index contributed by atoms with van der Waals surface area (Å²) in [5, 5.41) is 9.86. The van der Waals surface area contributed by atoms with Gasteiger partial charge in [-0.1, -0.05) is 11.6 Å². The molecule has 110 valence electrons. The van der Waals surface area contributed by atoms with Crippen LogP contribution in [-0.2, 0) is 10.0 Å². The quantitative estimate of drug-likeness (QED) is 0.794. The number of aliphatic hydroxyl groups is 1. The minimum Gasteiger partial charge on any atom is -0.393 e. The number of nitrogens with zero attached hydrogens (tertiary/aromatic N) is 2. The van der Waals surface area contributed by atoms with Gasteiger partial charge in [-0.25, -0.2) is 13.4 Å². The standard InChI is InChI=1S/C12H14BrClN2O3S/c13-8-3-11(12(14)15-4-8)20(18,19)16-5-7-1-2-10(17)9(7)6-16/h3-4,7,9-10,17H,1-2,5-6H2. The van der Waals surface area contributed by atoms with Gasteiger partial charge in [0.1, 0.15) is 10.0 Å². The molecule has 1 aromatic rings. The third kappa shape index (κ3) is 2.39. The summed E-state index contributed by atoms with van der Waals surface area (Å²) in [5.74, 6) is 0.294. The zero-order chi connectivity index (χ0) is 14.5. The largest absolute Gasteiger partial charge is 0.393 e. The number of hydrogen-bond acceptors (Lipinski definition) is 4. The van der Waals surface area contributed by atoms with Crippen molar-refractivity contribution in [1.29, 1.82) is 0 Å². The molecule has 1 aliphatic heterocycles. The normalized spacial score (nSPS) is 30.6. The van der Waals surface area contributed by atoms with Crippen molar-refractivity contribution in [2.24, 2.45) is 11.8 Å². The number of sulfonamides is 1. The van der Waals surface area contributed by atoms with Gasteiger partial charge in [0.15, 0.2) is 0 Å². The van der Waals surface area contributed by atoms with Crippen molar-refractivity contribution in [2.45, 2.75) is 23.8 Å². The Balaban J connectivity index is 1.92. The molecule has 2 fully saturated rings. The van der Waals surface area contributed by atoms with E-state index < -0.39 is 16.1 Å². The minimum absolute atomic E-state index is 0.0167. The monoisotopic (exact) mass is 380 g/mol. The first-order valence-electron chi connectivity index (χ1n) is 6.39. The number of hydrogen-bond donors (Lipinski definition) is 1. The lowest BCUT2D eigenvalue weighted by molar-refractivity contribution is 0.129. The smallest absolute Gasteiger partial charge is 0.246 e. The van der Waals surface area contributed by atoms with E-state index in [0.717, 1.165) is 12.8 Å². The zero-order valence-electron chi connectivity index (χ0n) is 10.5. The SMILES string of the molecule is O=S(=O)(c1cc(Br)cnc1Cl)N1CC2CCC(O)C2C1. The number of aromatic nitrogens is 1. The fraction of sp³-hybridized carbons (Fsp3) is 0.583. The molecule has 20 heavy (non-hydrogen) atoms. The van der Waals surface area contributed by atoms with Crippen LogP contribution in [0, 0.1) is 11.8 Å². The zero-order valence-corrected chi connectivity index (χ0v) is 13.7. The maximum Gasteiger partial charge on any atom is 0.246 e. The van der Waals surface area contributed by atoms with Crippen molar-refractivity contribution in [2.75, 3.05) is 13.1 Å². The number of pyridine rings is 1. The van der Waals surface area contributed by atoms with Gasteiger partial charge >= 0.3 is 0 Å². The Kier molecular flexibility index (Phi) is 3.83. The predicted molar refractivity (Wildman–Crippen MR) is 77.9 cm³/mol. The fourth-order valence-electron chi connectivity index (χ4n) is 3.12. The summed E-state index contributed by atoms with van der Waals surface area (Å²) >= 11 is 9.13. The van der Waals surface area contributed by atoms with Crippen LogP contribution >= 0.6 is 27.5 Å². The summed E-state index contributed by atoms with van der Waals surface area (Å²) in [6, 6.07) is 1.47. The molecule has 1 saturated heterocycles. The van der Waals surface area contributed by atoms with Gasteiger partial charge < -0.3 is 5.11 Å². The second kappa shape index (κ2) is 5.21. The first-order chi connectivity index (χ1) is 9.39. The van der Waals surface area contributed by atoms with E-state index in [4.69, 9.17) is 11.6 Å². The molecule has 1 saturated carbocycles. The summed E-state index contributed by atoms with van der Waals surface area (Å²) in [5.41, 5.74) is 0. The van der Waals surface area contributed by atoms with Crippen molar-refractivity contribution in [3.63, 3.8) is 0 Å². The lowest BCUT2D eigenvalue weighted by Gasteiger charge is -2.18. The van der Waals surface area contributed by atoms with Crippen LogP contribution in [0.5, 0.6) is 0 Å². The van der Waals surface area contributed by atoms with Crippen LogP contribution in [0.15, 0.2) is 21.6 Å². The maximum absolute atomic E-state index is 12.6. The molecule has 0 aromatic carbocycles. The van der Waals surface area contributed by atoms with Gasteiger partial charge in [0, 0.05) is 29.7 Å². The van der Waals surface area contributed by atoms with Crippen LogP contribution in [0.25, 0.3) is 0 Å². The van der Waals surface area contributed by atoms with E-state index in [1.807, 2.05) is 0 Å².